The van der Waals surface area contributed by atoms with Gasteiger partial charge in [-0.05, 0) is 44.0 Å². The Morgan fingerprint density at radius 2 is 1.85 bits per heavy atom. The van der Waals surface area contributed by atoms with Crippen molar-refractivity contribution in [2.24, 2.45) is 0 Å². The summed E-state index contributed by atoms with van der Waals surface area (Å²) >= 11 is 1.08. The number of hydrogen-bond acceptors (Lipinski definition) is 8. The summed E-state index contributed by atoms with van der Waals surface area (Å²) in [6.07, 6.45) is 0. The van der Waals surface area contributed by atoms with Crippen molar-refractivity contribution in [3.05, 3.63) is 87.2 Å². The second-order valence-electron chi connectivity index (χ2n) is 7.67. The molecule has 1 atom stereocenters. The molecule has 0 radical (unpaired) electrons. The van der Waals surface area contributed by atoms with Gasteiger partial charge in [-0.25, -0.2) is 9.36 Å². The number of carbonyl (C=O) groups excluding carboxylic acids is 1. The first-order valence-corrected chi connectivity index (χ1v) is 11.1. The first-order chi connectivity index (χ1) is 16.2. The summed E-state index contributed by atoms with van der Waals surface area (Å²) < 4.78 is 2.83. The molecule has 12 heteroatoms. The number of aromatic nitrogens is 5. The summed E-state index contributed by atoms with van der Waals surface area (Å²) in [6, 6.07) is 15.5. The van der Waals surface area contributed by atoms with E-state index < -0.39 is 16.1 Å². The zero-order valence-corrected chi connectivity index (χ0v) is 19.5. The molecular weight excluding hydrogens is 456 g/mol. The molecule has 0 fully saturated rings. The maximum absolute atomic E-state index is 13.4. The number of nitro benzene ring substituents is 1. The number of benzene rings is 2. The number of nitro groups is 1. The predicted octanol–water partition coefficient (Wildman–Crippen LogP) is 3.48. The Kier molecular flexibility index (Phi) is 6.32. The van der Waals surface area contributed by atoms with Crippen LogP contribution in [-0.2, 0) is 4.79 Å². The third-order valence-electron chi connectivity index (χ3n) is 5.02. The highest BCUT2D eigenvalue weighted by Gasteiger charge is 2.28. The Morgan fingerprint density at radius 1 is 1.12 bits per heavy atom. The van der Waals surface area contributed by atoms with Crippen LogP contribution < -0.4 is 11.2 Å². The van der Waals surface area contributed by atoms with Gasteiger partial charge in [0, 0.05) is 11.8 Å². The third-order valence-corrected chi connectivity index (χ3v) is 6.23. The van der Waals surface area contributed by atoms with Crippen molar-refractivity contribution >= 4 is 29.0 Å². The predicted molar refractivity (Wildman–Crippen MR) is 128 cm³/mol. The van der Waals surface area contributed by atoms with Crippen LogP contribution in [0.4, 0.5) is 11.4 Å². The van der Waals surface area contributed by atoms with E-state index in [9.17, 15) is 14.9 Å². The number of hydrogen-bond donors (Lipinski definition) is 2. The Morgan fingerprint density at radius 3 is 2.50 bits per heavy atom. The lowest BCUT2D eigenvalue weighted by atomic mass is 10.1. The Balaban J connectivity index is 1.67. The Bertz CT molecular complexity index is 1370. The number of nitrogens with one attached hydrogen (secondary N) is 1. The minimum Gasteiger partial charge on any atom is -0.334 e. The smallest absolute Gasteiger partial charge is 0.293 e. The van der Waals surface area contributed by atoms with Gasteiger partial charge in [-0.2, -0.15) is 5.10 Å². The zero-order chi connectivity index (χ0) is 24.4. The van der Waals surface area contributed by atoms with Crippen molar-refractivity contribution in [3.63, 3.8) is 0 Å². The van der Waals surface area contributed by atoms with Crippen LogP contribution in [0.1, 0.15) is 27.8 Å². The molecule has 0 spiro atoms. The number of carbonyl (C=O) groups is 1. The zero-order valence-electron chi connectivity index (χ0n) is 18.7. The number of nitrogens with two attached hydrogens (primary N) is 1. The topological polar surface area (TPSA) is 147 Å². The number of nitrogen functional groups attached to an aromatic ring is 1. The minimum atomic E-state index is -0.804. The van der Waals surface area contributed by atoms with E-state index in [1.807, 2.05) is 26.0 Å². The number of aryl methyl sites for hydroxylation is 3. The van der Waals surface area contributed by atoms with Crippen molar-refractivity contribution in [2.45, 2.75) is 31.2 Å². The van der Waals surface area contributed by atoms with Crippen LogP contribution in [-0.4, -0.2) is 35.5 Å². The van der Waals surface area contributed by atoms with Crippen LogP contribution in [0, 0.1) is 30.9 Å². The summed E-state index contributed by atoms with van der Waals surface area (Å²) in [5, 5.41) is 26.3. The van der Waals surface area contributed by atoms with Crippen LogP contribution in [0.15, 0.2) is 59.8 Å². The van der Waals surface area contributed by atoms with E-state index in [-0.39, 0.29) is 16.5 Å². The molecule has 0 aliphatic heterocycles. The van der Waals surface area contributed by atoms with Crippen LogP contribution >= 0.6 is 11.8 Å². The molecule has 174 valence electrons. The highest BCUT2D eigenvalue weighted by atomic mass is 32.2. The van der Waals surface area contributed by atoms with E-state index in [2.05, 4.69) is 20.6 Å². The molecule has 0 aliphatic carbocycles. The highest BCUT2D eigenvalue weighted by molar-refractivity contribution is 8.00. The van der Waals surface area contributed by atoms with E-state index in [1.54, 1.807) is 41.9 Å². The normalized spacial score (nSPS) is 11.9. The Labute approximate surface area is 199 Å². The minimum absolute atomic E-state index is 0.111. The first kappa shape index (κ1) is 23.0. The fourth-order valence-electron chi connectivity index (χ4n) is 3.43. The molecule has 1 amide bonds. The molecule has 11 nitrogen and oxygen atoms in total. The first-order valence-electron chi connectivity index (χ1n) is 10.3. The van der Waals surface area contributed by atoms with Gasteiger partial charge < -0.3 is 11.2 Å². The van der Waals surface area contributed by atoms with E-state index >= 15 is 0 Å². The standard InChI is InChI=1S/C22H22N8O3S/c1-13-9-10-17(18(11-13)30(32)33)24-20(31)19(16-7-5-4-6-8-16)34-22-26-25-21(28(22)23)29-15(3)12-14(2)27-29/h4-12,19H,23H2,1-3H3,(H,24,31). The lowest BCUT2D eigenvalue weighted by molar-refractivity contribution is -0.384. The number of rotatable bonds is 7. The van der Waals surface area contributed by atoms with Crippen LogP contribution in [0.5, 0.6) is 0 Å². The lowest BCUT2D eigenvalue weighted by Crippen LogP contribution is -2.22. The monoisotopic (exact) mass is 478 g/mol. The van der Waals surface area contributed by atoms with Gasteiger partial charge in [-0.15, -0.1) is 10.2 Å². The van der Waals surface area contributed by atoms with Gasteiger partial charge in [-0.1, -0.05) is 48.2 Å². The SMILES string of the molecule is Cc1ccc(NC(=O)C(Sc2nnc(-n3nc(C)cc3C)n2N)c2ccccc2)c([N+](=O)[O-])c1. The van der Waals surface area contributed by atoms with E-state index in [4.69, 9.17) is 5.84 Å². The molecular formula is C22H22N8O3S. The van der Waals surface area contributed by atoms with Crippen molar-refractivity contribution in [3.8, 4) is 5.95 Å². The van der Waals surface area contributed by atoms with Crippen molar-refractivity contribution in [2.75, 3.05) is 11.2 Å². The summed E-state index contributed by atoms with van der Waals surface area (Å²) in [5.41, 5.74) is 2.95. The van der Waals surface area contributed by atoms with Gasteiger partial charge in [0.1, 0.15) is 10.9 Å². The van der Waals surface area contributed by atoms with E-state index in [0.717, 1.165) is 23.1 Å². The second-order valence-corrected chi connectivity index (χ2v) is 8.74. The maximum Gasteiger partial charge on any atom is 0.293 e. The second kappa shape index (κ2) is 9.35. The molecule has 34 heavy (non-hydrogen) atoms. The lowest BCUT2D eigenvalue weighted by Gasteiger charge is -2.16. The van der Waals surface area contributed by atoms with Crippen LogP contribution in [0.3, 0.4) is 0 Å². The van der Waals surface area contributed by atoms with Gasteiger partial charge in [0.25, 0.3) is 11.6 Å². The van der Waals surface area contributed by atoms with Gasteiger partial charge in [0.05, 0.1) is 10.6 Å². The van der Waals surface area contributed by atoms with Gasteiger partial charge in [0.15, 0.2) is 0 Å². The van der Waals surface area contributed by atoms with Crippen LogP contribution in [0.25, 0.3) is 5.95 Å². The fourth-order valence-corrected chi connectivity index (χ4v) is 4.38. The largest absolute Gasteiger partial charge is 0.334 e. The molecule has 3 N–H and O–H groups in total. The fraction of sp³-hybridized carbons (Fsp3) is 0.182. The number of thioether (sulfide) groups is 1. The summed E-state index contributed by atoms with van der Waals surface area (Å²) in [6.45, 7) is 5.47. The molecule has 4 aromatic rings. The highest BCUT2D eigenvalue weighted by Crippen LogP contribution is 2.36. The molecule has 0 bridgehead atoms. The summed E-state index contributed by atoms with van der Waals surface area (Å²) in [5.74, 6) is 6.10. The van der Waals surface area contributed by atoms with E-state index in [1.165, 1.54) is 16.8 Å². The van der Waals surface area contributed by atoms with Crippen molar-refractivity contribution in [1.82, 2.24) is 24.7 Å². The molecule has 0 aliphatic rings. The molecule has 2 heterocycles. The number of anilines is 1. The molecule has 0 saturated carbocycles. The van der Waals surface area contributed by atoms with E-state index in [0.29, 0.717) is 17.1 Å². The molecule has 2 aromatic carbocycles. The number of nitrogens with zero attached hydrogens (tertiary/aromatic N) is 6. The average Bonchev–Trinajstić information content (AvgIpc) is 3.33. The average molecular weight is 479 g/mol. The number of amides is 1. The van der Waals surface area contributed by atoms with Crippen molar-refractivity contribution in [1.29, 1.82) is 0 Å². The maximum atomic E-state index is 13.4. The third kappa shape index (κ3) is 4.62. The quantitative estimate of drug-likeness (QED) is 0.178. The Hall–Kier alpha value is -4.19. The molecule has 1 unspecified atom stereocenters. The summed E-state index contributed by atoms with van der Waals surface area (Å²) in [4.78, 5) is 24.3. The molecule has 4 rings (SSSR count). The summed E-state index contributed by atoms with van der Waals surface area (Å²) in [7, 11) is 0. The van der Waals surface area contributed by atoms with Gasteiger partial charge in [0.2, 0.25) is 11.1 Å². The molecule has 2 aromatic heterocycles. The van der Waals surface area contributed by atoms with Crippen molar-refractivity contribution < 1.29 is 9.72 Å². The molecule has 0 saturated heterocycles. The van der Waals surface area contributed by atoms with Gasteiger partial charge in [-0.3, -0.25) is 14.9 Å². The van der Waals surface area contributed by atoms with Gasteiger partial charge >= 0.3 is 0 Å². The van der Waals surface area contributed by atoms with Crippen LogP contribution in [0.2, 0.25) is 0 Å².